The molecule has 0 bridgehead atoms. The molecule has 0 aliphatic carbocycles. The summed E-state index contributed by atoms with van der Waals surface area (Å²) < 4.78 is 0. The highest BCUT2D eigenvalue weighted by Gasteiger charge is 2.08. The molecule has 1 aromatic rings. The van der Waals surface area contributed by atoms with Crippen LogP contribution < -0.4 is 5.32 Å². The second kappa shape index (κ2) is 6.55. The maximum Gasteiger partial charge on any atom is 0.144 e. The van der Waals surface area contributed by atoms with Crippen molar-refractivity contribution in [2.24, 2.45) is 5.92 Å². The molecule has 0 amide bonds. The molecule has 0 aliphatic rings. The number of anilines is 1. The lowest BCUT2D eigenvalue weighted by molar-refractivity contribution is 0.269. The van der Waals surface area contributed by atoms with Crippen LogP contribution in [0.5, 0.6) is 0 Å². The summed E-state index contributed by atoms with van der Waals surface area (Å²) in [5.74, 6) is 2.50. The number of nitrogens with one attached hydrogen (secondary N) is 1. The Morgan fingerprint density at radius 3 is 2.71 bits per heavy atom. The number of hydrogen-bond donors (Lipinski definition) is 1. The van der Waals surface area contributed by atoms with Crippen LogP contribution in [-0.4, -0.2) is 35.5 Å². The summed E-state index contributed by atoms with van der Waals surface area (Å²) in [4.78, 5) is 11.2. The fraction of sp³-hybridized carbons (Fsp3) is 0.692. The number of aryl methyl sites for hydroxylation is 1. The van der Waals surface area contributed by atoms with Gasteiger partial charge in [0.05, 0.1) is 6.54 Å². The van der Waals surface area contributed by atoms with Gasteiger partial charge in [-0.05, 0) is 19.9 Å². The summed E-state index contributed by atoms with van der Waals surface area (Å²) >= 11 is 0. The largest absolute Gasteiger partial charge is 0.373 e. The van der Waals surface area contributed by atoms with Crippen LogP contribution in [0.2, 0.25) is 0 Å². The van der Waals surface area contributed by atoms with Crippen molar-refractivity contribution in [1.82, 2.24) is 14.9 Å². The molecule has 0 aliphatic heterocycles. The molecule has 96 valence electrons. The van der Waals surface area contributed by atoms with E-state index in [1.165, 1.54) is 6.42 Å². The smallest absolute Gasteiger partial charge is 0.144 e. The minimum atomic E-state index is 0.716. The highest BCUT2D eigenvalue weighted by Crippen LogP contribution is 2.09. The Labute approximate surface area is 104 Å². The van der Waals surface area contributed by atoms with Crippen LogP contribution >= 0.6 is 0 Å². The fourth-order valence-corrected chi connectivity index (χ4v) is 1.80. The predicted molar refractivity (Wildman–Crippen MR) is 72.1 cm³/mol. The topological polar surface area (TPSA) is 41.1 Å². The maximum atomic E-state index is 4.46. The zero-order valence-corrected chi connectivity index (χ0v) is 11.6. The third-order valence-corrected chi connectivity index (χ3v) is 2.89. The van der Waals surface area contributed by atoms with Gasteiger partial charge in [-0.25, -0.2) is 9.97 Å². The number of rotatable bonds is 6. The van der Waals surface area contributed by atoms with Crippen molar-refractivity contribution in [3.05, 3.63) is 17.6 Å². The van der Waals surface area contributed by atoms with E-state index >= 15 is 0 Å². The molecule has 0 saturated heterocycles. The molecule has 0 radical (unpaired) electrons. The average Bonchev–Trinajstić information content (AvgIpc) is 2.27. The molecule has 1 heterocycles. The monoisotopic (exact) mass is 236 g/mol. The summed E-state index contributed by atoms with van der Waals surface area (Å²) in [5.41, 5.74) is 1.01. The second-order valence-corrected chi connectivity index (χ2v) is 4.77. The predicted octanol–water partition coefficient (Wildman–Crippen LogP) is 2.30. The quantitative estimate of drug-likeness (QED) is 0.823. The minimum absolute atomic E-state index is 0.716. The van der Waals surface area contributed by atoms with E-state index in [-0.39, 0.29) is 0 Å². The lowest BCUT2D eigenvalue weighted by Crippen LogP contribution is -2.25. The summed E-state index contributed by atoms with van der Waals surface area (Å²) in [5, 5.41) is 3.06. The molecule has 1 unspecified atom stereocenters. The number of aromatic nitrogens is 2. The molecule has 4 heteroatoms. The molecule has 17 heavy (non-hydrogen) atoms. The fourth-order valence-electron chi connectivity index (χ4n) is 1.80. The van der Waals surface area contributed by atoms with Gasteiger partial charge in [-0.1, -0.05) is 20.3 Å². The highest BCUT2D eigenvalue weighted by atomic mass is 15.1. The first-order valence-electron chi connectivity index (χ1n) is 6.26. The van der Waals surface area contributed by atoms with E-state index in [9.17, 15) is 0 Å². The molecule has 4 nitrogen and oxygen atoms in total. The summed E-state index contributed by atoms with van der Waals surface area (Å²) in [6, 6.07) is 1.96. The van der Waals surface area contributed by atoms with Gasteiger partial charge in [0.15, 0.2) is 0 Å². The Kier molecular flexibility index (Phi) is 5.35. The summed E-state index contributed by atoms with van der Waals surface area (Å²) in [6.07, 6.45) is 1.21. The Morgan fingerprint density at radius 2 is 2.12 bits per heavy atom. The maximum absolute atomic E-state index is 4.46. The van der Waals surface area contributed by atoms with Crippen molar-refractivity contribution < 1.29 is 0 Å². The lowest BCUT2D eigenvalue weighted by atomic mass is 10.1. The molecule has 1 aromatic heterocycles. The first-order chi connectivity index (χ1) is 8.05. The van der Waals surface area contributed by atoms with E-state index in [0.29, 0.717) is 5.92 Å². The van der Waals surface area contributed by atoms with Crippen LogP contribution in [0, 0.1) is 12.8 Å². The highest BCUT2D eigenvalue weighted by molar-refractivity contribution is 5.34. The average molecular weight is 236 g/mol. The van der Waals surface area contributed by atoms with Gasteiger partial charge < -0.3 is 5.32 Å². The standard InChI is InChI=1S/C13H24N4/c1-6-10(2)8-17(5)9-13-15-11(3)7-12(14-4)16-13/h7,10H,6,8-9H2,1-5H3,(H,14,15,16). The van der Waals surface area contributed by atoms with E-state index in [1.54, 1.807) is 0 Å². The van der Waals surface area contributed by atoms with Crippen LogP contribution in [0.25, 0.3) is 0 Å². The van der Waals surface area contributed by atoms with E-state index in [0.717, 1.165) is 30.4 Å². The van der Waals surface area contributed by atoms with Crippen LogP contribution in [-0.2, 0) is 6.54 Å². The van der Waals surface area contributed by atoms with Crippen molar-refractivity contribution in [2.75, 3.05) is 26.0 Å². The zero-order chi connectivity index (χ0) is 12.8. The van der Waals surface area contributed by atoms with Gasteiger partial charge in [-0.3, -0.25) is 4.90 Å². The first kappa shape index (κ1) is 13.9. The molecule has 1 N–H and O–H groups in total. The van der Waals surface area contributed by atoms with Gasteiger partial charge in [0.1, 0.15) is 11.6 Å². The second-order valence-electron chi connectivity index (χ2n) is 4.77. The summed E-state index contributed by atoms with van der Waals surface area (Å²) in [6.45, 7) is 8.39. The molecule has 0 spiro atoms. The van der Waals surface area contributed by atoms with E-state index < -0.39 is 0 Å². The SMILES string of the molecule is CCC(C)CN(C)Cc1nc(C)cc(NC)n1. The van der Waals surface area contributed by atoms with Crippen LogP contribution in [0.3, 0.4) is 0 Å². The number of hydrogen-bond acceptors (Lipinski definition) is 4. The van der Waals surface area contributed by atoms with Gasteiger partial charge in [0.25, 0.3) is 0 Å². The Morgan fingerprint density at radius 1 is 1.41 bits per heavy atom. The van der Waals surface area contributed by atoms with Gasteiger partial charge in [-0.15, -0.1) is 0 Å². The van der Waals surface area contributed by atoms with Crippen molar-refractivity contribution in [2.45, 2.75) is 33.7 Å². The molecule has 1 atom stereocenters. The zero-order valence-electron chi connectivity index (χ0n) is 11.6. The van der Waals surface area contributed by atoms with Gasteiger partial charge >= 0.3 is 0 Å². The van der Waals surface area contributed by atoms with Crippen molar-refractivity contribution >= 4 is 5.82 Å². The Hall–Kier alpha value is -1.16. The molecular formula is C13H24N4. The van der Waals surface area contributed by atoms with Crippen LogP contribution in [0.15, 0.2) is 6.07 Å². The van der Waals surface area contributed by atoms with Crippen molar-refractivity contribution in [3.63, 3.8) is 0 Å². The first-order valence-corrected chi connectivity index (χ1v) is 6.26. The van der Waals surface area contributed by atoms with Crippen molar-refractivity contribution in [3.8, 4) is 0 Å². The Balaban J connectivity index is 2.64. The van der Waals surface area contributed by atoms with E-state index in [1.807, 2.05) is 20.0 Å². The lowest BCUT2D eigenvalue weighted by Gasteiger charge is -2.19. The van der Waals surface area contributed by atoms with Crippen LogP contribution in [0.4, 0.5) is 5.82 Å². The Bertz CT molecular complexity index is 351. The van der Waals surface area contributed by atoms with E-state index in [2.05, 4.69) is 41.1 Å². The van der Waals surface area contributed by atoms with Gasteiger partial charge in [0.2, 0.25) is 0 Å². The van der Waals surface area contributed by atoms with E-state index in [4.69, 9.17) is 0 Å². The van der Waals surface area contributed by atoms with Gasteiger partial charge in [0, 0.05) is 25.4 Å². The van der Waals surface area contributed by atoms with Crippen LogP contribution in [0.1, 0.15) is 31.8 Å². The molecule has 0 saturated carbocycles. The minimum Gasteiger partial charge on any atom is -0.373 e. The molecule has 0 fully saturated rings. The molecular weight excluding hydrogens is 212 g/mol. The third-order valence-electron chi connectivity index (χ3n) is 2.89. The van der Waals surface area contributed by atoms with Gasteiger partial charge in [-0.2, -0.15) is 0 Å². The van der Waals surface area contributed by atoms with Crippen molar-refractivity contribution in [1.29, 1.82) is 0 Å². The third kappa shape index (κ3) is 4.69. The number of nitrogens with zero attached hydrogens (tertiary/aromatic N) is 3. The summed E-state index contributed by atoms with van der Waals surface area (Å²) in [7, 11) is 4.01. The molecule has 1 rings (SSSR count). The molecule has 0 aromatic carbocycles. The normalized spacial score (nSPS) is 12.8.